The van der Waals surface area contributed by atoms with Crippen molar-refractivity contribution in [3.05, 3.63) is 29.8 Å². The van der Waals surface area contributed by atoms with Crippen LogP contribution in [0.5, 0.6) is 0 Å². The van der Waals surface area contributed by atoms with E-state index >= 15 is 0 Å². The van der Waals surface area contributed by atoms with E-state index < -0.39 is 10.0 Å². The Balaban J connectivity index is 1.90. The van der Waals surface area contributed by atoms with Crippen molar-refractivity contribution in [2.24, 2.45) is 5.92 Å². The summed E-state index contributed by atoms with van der Waals surface area (Å²) in [5.41, 5.74) is 1.10. The Morgan fingerprint density at radius 2 is 1.84 bits per heavy atom. The molecule has 0 radical (unpaired) electrons. The third-order valence-electron chi connectivity index (χ3n) is 4.58. The summed E-state index contributed by atoms with van der Waals surface area (Å²) in [7, 11) is -1.34. The first-order valence-electron chi connectivity index (χ1n) is 8.99. The van der Waals surface area contributed by atoms with Crippen LogP contribution in [-0.2, 0) is 10.0 Å². The van der Waals surface area contributed by atoms with Gasteiger partial charge in [-0.15, -0.1) is 0 Å². The van der Waals surface area contributed by atoms with Gasteiger partial charge in [-0.3, -0.25) is 9.52 Å². The molecule has 0 aliphatic carbocycles. The molecule has 1 heterocycles. The molecule has 0 spiro atoms. The molecule has 0 bridgehead atoms. The molecule has 1 aromatic carbocycles. The Kier molecular flexibility index (Phi) is 7.25. The van der Waals surface area contributed by atoms with E-state index in [1.807, 2.05) is 18.9 Å². The van der Waals surface area contributed by atoms with Gasteiger partial charge in [0.2, 0.25) is 10.0 Å². The lowest BCUT2D eigenvalue weighted by atomic mass is 9.93. The van der Waals surface area contributed by atoms with Crippen LogP contribution in [0, 0.1) is 5.92 Å². The number of rotatable bonds is 8. The third-order valence-corrected chi connectivity index (χ3v) is 6.07. The van der Waals surface area contributed by atoms with E-state index in [0.717, 1.165) is 38.9 Å². The van der Waals surface area contributed by atoms with Gasteiger partial charge >= 0.3 is 0 Å². The zero-order valence-electron chi connectivity index (χ0n) is 15.1. The van der Waals surface area contributed by atoms with Gasteiger partial charge < -0.3 is 10.2 Å². The second kappa shape index (κ2) is 9.20. The van der Waals surface area contributed by atoms with E-state index in [-0.39, 0.29) is 11.7 Å². The van der Waals surface area contributed by atoms with Crippen LogP contribution in [0.25, 0.3) is 0 Å². The Morgan fingerprint density at radius 3 is 2.40 bits per heavy atom. The van der Waals surface area contributed by atoms with Crippen molar-refractivity contribution in [1.82, 2.24) is 10.2 Å². The summed E-state index contributed by atoms with van der Waals surface area (Å²) in [6.45, 7) is 4.42. The van der Waals surface area contributed by atoms with E-state index in [1.165, 1.54) is 0 Å². The highest BCUT2D eigenvalue weighted by Crippen LogP contribution is 2.22. The highest BCUT2D eigenvalue weighted by Gasteiger charge is 2.23. The second-order valence-electron chi connectivity index (χ2n) is 6.63. The van der Waals surface area contributed by atoms with Crippen molar-refractivity contribution in [1.29, 1.82) is 0 Å². The predicted molar refractivity (Wildman–Crippen MR) is 101 cm³/mol. The molecule has 0 unspecified atom stereocenters. The van der Waals surface area contributed by atoms with Crippen LogP contribution in [0.1, 0.15) is 43.0 Å². The molecule has 1 aliphatic heterocycles. The normalized spacial score (nSPS) is 16.0. The number of hydrogen-bond donors (Lipinski definition) is 2. The monoisotopic (exact) mass is 367 g/mol. The SMILES string of the molecule is CCCS(=O)(=O)Nc1ccc(C(=O)N2CCC(CCNC)CC2)cc1. The standard InChI is InChI=1S/C18H29N3O3S/c1-3-14-25(23,24)20-17-6-4-16(5-7-17)18(22)21-12-9-15(10-13-21)8-11-19-2/h4-7,15,19-20H,3,8-14H2,1-2H3. The molecule has 0 saturated carbocycles. The topological polar surface area (TPSA) is 78.5 Å². The Morgan fingerprint density at radius 1 is 1.20 bits per heavy atom. The Hall–Kier alpha value is -1.60. The van der Waals surface area contributed by atoms with Crippen LogP contribution in [0.15, 0.2) is 24.3 Å². The van der Waals surface area contributed by atoms with Crippen LogP contribution < -0.4 is 10.0 Å². The van der Waals surface area contributed by atoms with Crippen molar-refractivity contribution < 1.29 is 13.2 Å². The fraction of sp³-hybridized carbons (Fsp3) is 0.611. The van der Waals surface area contributed by atoms with Gasteiger partial charge in [0, 0.05) is 24.3 Å². The largest absolute Gasteiger partial charge is 0.339 e. The highest BCUT2D eigenvalue weighted by molar-refractivity contribution is 7.92. The van der Waals surface area contributed by atoms with Gasteiger partial charge in [0.05, 0.1) is 5.75 Å². The van der Waals surface area contributed by atoms with Gasteiger partial charge in [-0.05, 0) is 69.5 Å². The van der Waals surface area contributed by atoms with E-state index in [4.69, 9.17) is 0 Å². The Labute approximate surface area is 151 Å². The van der Waals surface area contributed by atoms with E-state index in [0.29, 0.717) is 23.6 Å². The molecule has 1 fully saturated rings. The number of amides is 1. The Bertz CT molecular complexity index is 651. The molecule has 2 rings (SSSR count). The molecule has 140 valence electrons. The average Bonchev–Trinajstić information content (AvgIpc) is 2.60. The third kappa shape index (κ3) is 6.01. The number of anilines is 1. The van der Waals surface area contributed by atoms with Crippen LogP contribution in [0.4, 0.5) is 5.69 Å². The molecular formula is C18H29N3O3S. The van der Waals surface area contributed by atoms with Crippen LogP contribution >= 0.6 is 0 Å². The molecule has 0 atom stereocenters. The number of benzene rings is 1. The minimum absolute atomic E-state index is 0.0232. The van der Waals surface area contributed by atoms with Crippen LogP contribution in [0.3, 0.4) is 0 Å². The number of sulfonamides is 1. The maximum Gasteiger partial charge on any atom is 0.253 e. The van der Waals surface area contributed by atoms with Crippen molar-refractivity contribution in [2.75, 3.05) is 37.2 Å². The molecule has 6 nitrogen and oxygen atoms in total. The number of piperidine rings is 1. The van der Waals surface area contributed by atoms with Gasteiger partial charge in [-0.25, -0.2) is 8.42 Å². The van der Waals surface area contributed by atoms with Gasteiger partial charge in [0.25, 0.3) is 5.91 Å². The maximum absolute atomic E-state index is 12.6. The van der Waals surface area contributed by atoms with Crippen molar-refractivity contribution in [3.8, 4) is 0 Å². The summed E-state index contributed by atoms with van der Waals surface area (Å²) in [6, 6.07) is 6.69. The summed E-state index contributed by atoms with van der Waals surface area (Å²) < 4.78 is 26.1. The van der Waals surface area contributed by atoms with E-state index in [2.05, 4.69) is 10.0 Å². The van der Waals surface area contributed by atoms with Crippen molar-refractivity contribution in [2.45, 2.75) is 32.6 Å². The van der Waals surface area contributed by atoms with E-state index in [9.17, 15) is 13.2 Å². The minimum atomic E-state index is -3.30. The molecule has 25 heavy (non-hydrogen) atoms. The summed E-state index contributed by atoms with van der Waals surface area (Å²) in [6.07, 6.45) is 3.81. The van der Waals surface area contributed by atoms with Gasteiger partial charge in [-0.2, -0.15) is 0 Å². The van der Waals surface area contributed by atoms with Gasteiger partial charge in [0.1, 0.15) is 0 Å². The zero-order chi connectivity index (χ0) is 18.3. The fourth-order valence-corrected chi connectivity index (χ4v) is 4.27. The first kappa shape index (κ1) is 19.7. The number of nitrogens with zero attached hydrogens (tertiary/aromatic N) is 1. The minimum Gasteiger partial charge on any atom is -0.339 e. The number of hydrogen-bond acceptors (Lipinski definition) is 4. The number of carbonyl (C=O) groups is 1. The molecule has 1 saturated heterocycles. The lowest BCUT2D eigenvalue weighted by Crippen LogP contribution is -2.38. The van der Waals surface area contributed by atoms with Gasteiger partial charge in [-0.1, -0.05) is 6.92 Å². The van der Waals surface area contributed by atoms with Gasteiger partial charge in [0.15, 0.2) is 0 Å². The van der Waals surface area contributed by atoms with E-state index in [1.54, 1.807) is 24.3 Å². The molecule has 1 aliphatic rings. The summed E-state index contributed by atoms with van der Waals surface area (Å²) in [5.74, 6) is 0.804. The summed E-state index contributed by atoms with van der Waals surface area (Å²) >= 11 is 0. The van der Waals surface area contributed by atoms with Crippen LogP contribution in [-0.4, -0.2) is 51.7 Å². The molecule has 1 amide bonds. The second-order valence-corrected chi connectivity index (χ2v) is 8.47. The molecule has 2 N–H and O–H groups in total. The first-order valence-corrected chi connectivity index (χ1v) is 10.6. The van der Waals surface area contributed by atoms with Crippen LogP contribution in [0.2, 0.25) is 0 Å². The first-order chi connectivity index (χ1) is 11.9. The quantitative estimate of drug-likeness (QED) is 0.739. The lowest BCUT2D eigenvalue weighted by molar-refractivity contribution is 0.0687. The molecule has 1 aromatic rings. The average molecular weight is 368 g/mol. The van der Waals surface area contributed by atoms with Crippen molar-refractivity contribution >= 4 is 21.6 Å². The number of nitrogens with one attached hydrogen (secondary N) is 2. The number of likely N-dealkylation sites (tertiary alicyclic amines) is 1. The summed E-state index contributed by atoms with van der Waals surface area (Å²) in [4.78, 5) is 14.5. The zero-order valence-corrected chi connectivity index (χ0v) is 15.9. The predicted octanol–water partition coefficient (Wildman–Crippen LogP) is 2.30. The smallest absolute Gasteiger partial charge is 0.253 e. The lowest BCUT2D eigenvalue weighted by Gasteiger charge is -2.32. The molecule has 0 aromatic heterocycles. The highest BCUT2D eigenvalue weighted by atomic mass is 32.2. The van der Waals surface area contributed by atoms with Crippen molar-refractivity contribution in [3.63, 3.8) is 0 Å². The molecule has 7 heteroatoms. The number of carbonyl (C=O) groups excluding carboxylic acids is 1. The molecular weight excluding hydrogens is 338 g/mol. The fourth-order valence-electron chi connectivity index (χ4n) is 3.14. The maximum atomic E-state index is 12.6. The summed E-state index contributed by atoms with van der Waals surface area (Å²) in [5, 5.41) is 3.17.